The van der Waals surface area contributed by atoms with E-state index in [1.807, 2.05) is 6.07 Å². The van der Waals surface area contributed by atoms with Gasteiger partial charge < -0.3 is 9.63 Å². The minimum Gasteiger partial charge on any atom is -0.392 e. The van der Waals surface area contributed by atoms with E-state index in [1.54, 1.807) is 6.26 Å². The van der Waals surface area contributed by atoms with Crippen LogP contribution in [0.15, 0.2) is 16.9 Å². The summed E-state index contributed by atoms with van der Waals surface area (Å²) in [5.41, 5.74) is 0.931. The Labute approximate surface area is 77.1 Å². The van der Waals surface area contributed by atoms with Gasteiger partial charge in [-0.15, -0.1) is 0 Å². The smallest absolute Gasteiger partial charge is 0.124 e. The number of nitrogens with zero attached hydrogens (tertiary/aromatic N) is 2. The molecule has 1 aromatic heterocycles. The van der Waals surface area contributed by atoms with Crippen LogP contribution in [0.5, 0.6) is 0 Å². The summed E-state index contributed by atoms with van der Waals surface area (Å²) in [7, 11) is 0. The summed E-state index contributed by atoms with van der Waals surface area (Å²) in [5, 5.41) is 13.3. The predicted octanol–water partition coefficient (Wildman–Crippen LogP) is 0.630. The molecule has 2 atom stereocenters. The summed E-state index contributed by atoms with van der Waals surface area (Å²) in [6, 6.07) is 2.30. The monoisotopic (exact) mass is 182 g/mol. The van der Waals surface area contributed by atoms with Crippen molar-refractivity contribution < 1.29 is 9.63 Å². The molecule has 2 unspecified atom stereocenters. The van der Waals surface area contributed by atoms with Crippen LogP contribution in [0.25, 0.3) is 0 Å². The van der Waals surface area contributed by atoms with E-state index in [0.717, 1.165) is 25.2 Å². The molecule has 0 amide bonds. The molecule has 72 valence electrons. The third-order valence-electron chi connectivity index (χ3n) is 2.54. The lowest BCUT2D eigenvalue weighted by atomic mass is 10.2. The largest absolute Gasteiger partial charge is 0.392 e. The average molecular weight is 182 g/mol. The summed E-state index contributed by atoms with van der Waals surface area (Å²) in [4.78, 5) is 2.21. The number of hydrogen-bond acceptors (Lipinski definition) is 4. The van der Waals surface area contributed by atoms with Crippen LogP contribution in [0.1, 0.15) is 19.0 Å². The maximum atomic E-state index is 9.41. The van der Waals surface area contributed by atoms with Crippen LogP contribution < -0.4 is 0 Å². The Morgan fingerprint density at radius 2 is 2.62 bits per heavy atom. The zero-order chi connectivity index (χ0) is 9.26. The van der Waals surface area contributed by atoms with Gasteiger partial charge in [-0.2, -0.15) is 0 Å². The third-order valence-corrected chi connectivity index (χ3v) is 2.54. The van der Waals surface area contributed by atoms with Crippen molar-refractivity contribution in [3.63, 3.8) is 0 Å². The molecule has 1 aliphatic rings. The Morgan fingerprint density at radius 3 is 3.15 bits per heavy atom. The molecule has 2 heterocycles. The van der Waals surface area contributed by atoms with Crippen molar-refractivity contribution >= 4 is 0 Å². The number of likely N-dealkylation sites (tertiary alicyclic amines) is 1. The van der Waals surface area contributed by atoms with Crippen molar-refractivity contribution in [3.05, 3.63) is 18.0 Å². The van der Waals surface area contributed by atoms with E-state index in [9.17, 15) is 5.11 Å². The van der Waals surface area contributed by atoms with Gasteiger partial charge in [0.1, 0.15) is 6.26 Å². The van der Waals surface area contributed by atoms with Crippen molar-refractivity contribution in [2.24, 2.45) is 0 Å². The molecule has 0 radical (unpaired) electrons. The first kappa shape index (κ1) is 8.72. The molecule has 1 N–H and O–H groups in total. The van der Waals surface area contributed by atoms with Gasteiger partial charge in [0.15, 0.2) is 0 Å². The molecule has 0 spiro atoms. The second kappa shape index (κ2) is 3.47. The van der Waals surface area contributed by atoms with Gasteiger partial charge in [0.25, 0.3) is 0 Å². The van der Waals surface area contributed by atoms with Crippen molar-refractivity contribution in [2.75, 3.05) is 6.54 Å². The molecular formula is C9H14N2O2. The average Bonchev–Trinajstić information content (AvgIpc) is 2.63. The summed E-state index contributed by atoms with van der Waals surface area (Å²) < 4.78 is 4.75. The lowest BCUT2D eigenvalue weighted by molar-refractivity contribution is 0.172. The number of aliphatic hydroxyl groups excluding tert-OH is 1. The van der Waals surface area contributed by atoms with Crippen LogP contribution >= 0.6 is 0 Å². The van der Waals surface area contributed by atoms with E-state index >= 15 is 0 Å². The maximum absolute atomic E-state index is 9.41. The molecule has 0 bridgehead atoms. The lowest BCUT2D eigenvalue weighted by Crippen LogP contribution is -2.27. The number of aliphatic hydroxyl groups is 1. The third kappa shape index (κ3) is 1.89. The van der Waals surface area contributed by atoms with Crippen molar-refractivity contribution in [1.29, 1.82) is 0 Å². The highest BCUT2D eigenvalue weighted by molar-refractivity contribution is 4.97. The highest BCUT2D eigenvalue weighted by atomic mass is 16.5. The molecule has 0 saturated carbocycles. The van der Waals surface area contributed by atoms with Crippen LogP contribution in [0.2, 0.25) is 0 Å². The molecule has 0 aromatic carbocycles. The van der Waals surface area contributed by atoms with E-state index in [1.165, 1.54) is 0 Å². The molecule has 4 nitrogen and oxygen atoms in total. The molecule has 1 saturated heterocycles. The first-order valence-electron chi connectivity index (χ1n) is 4.57. The van der Waals surface area contributed by atoms with Gasteiger partial charge in [-0.3, -0.25) is 4.90 Å². The Bertz CT molecular complexity index is 261. The summed E-state index contributed by atoms with van der Waals surface area (Å²) in [6.07, 6.45) is 2.26. The Balaban J connectivity index is 1.95. The first-order chi connectivity index (χ1) is 6.25. The number of aromatic nitrogens is 1. The summed E-state index contributed by atoms with van der Waals surface area (Å²) in [5.74, 6) is 0. The standard InChI is InChI=1S/C9H14N2O2/c1-7-4-9(12)6-11(7)5-8-2-3-13-10-8/h2-3,7,9,12H,4-6H2,1H3. The molecule has 1 aliphatic heterocycles. The molecule has 1 fully saturated rings. The Hall–Kier alpha value is -0.870. The van der Waals surface area contributed by atoms with Crippen molar-refractivity contribution in [3.8, 4) is 0 Å². The first-order valence-corrected chi connectivity index (χ1v) is 4.57. The van der Waals surface area contributed by atoms with Gasteiger partial charge in [-0.25, -0.2) is 0 Å². The number of rotatable bonds is 2. The highest BCUT2D eigenvalue weighted by Crippen LogP contribution is 2.19. The molecule has 0 aliphatic carbocycles. The fraction of sp³-hybridized carbons (Fsp3) is 0.667. The van der Waals surface area contributed by atoms with Crippen LogP contribution in [-0.4, -0.2) is 33.9 Å². The van der Waals surface area contributed by atoms with Gasteiger partial charge in [0, 0.05) is 25.2 Å². The summed E-state index contributed by atoms with van der Waals surface area (Å²) >= 11 is 0. The van der Waals surface area contributed by atoms with E-state index in [0.29, 0.717) is 6.04 Å². The predicted molar refractivity (Wildman–Crippen MR) is 47.0 cm³/mol. The van der Waals surface area contributed by atoms with E-state index in [4.69, 9.17) is 4.52 Å². The van der Waals surface area contributed by atoms with Gasteiger partial charge in [0.05, 0.1) is 11.8 Å². The van der Waals surface area contributed by atoms with Gasteiger partial charge in [-0.05, 0) is 13.3 Å². The SMILES string of the molecule is CC1CC(O)CN1Cc1ccon1. The van der Waals surface area contributed by atoms with Crippen molar-refractivity contribution in [1.82, 2.24) is 10.1 Å². The minimum absolute atomic E-state index is 0.179. The fourth-order valence-electron chi connectivity index (χ4n) is 1.82. The zero-order valence-corrected chi connectivity index (χ0v) is 7.68. The van der Waals surface area contributed by atoms with E-state index in [-0.39, 0.29) is 6.10 Å². The second-order valence-corrected chi connectivity index (χ2v) is 3.66. The quantitative estimate of drug-likeness (QED) is 0.728. The maximum Gasteiger partial charge on any atom is 0.124 e. The van der Waals surface area contributed by atoms with Crippen LogP contribution in [0.4, 0.5) is 0 Å². The van der Waals surface area contributed by atoms with Gasteiger partial charge in [0.2, 0.25) is 0 Å². The second-order valence-electron chi connectivity index (χ2n) is 3.66. The molecule has 2 rings (SSSR count). The minimum atomic E-state index is -0.179. The van der Waals surface area contributed by atoms with Gasteiger partial charge >= 0.3 is 0 Å². The van der Waals surface area contributed by atoms with Gasteiger partial charge in [-0.1, -0.05) is 5.16 Å². The Kier molecular flexibility index (Phi) is 2.33. The topological polar surface area (TPSA) is 49.5 Å². The number of hydrogen-bond donors (Lipinski definition) is 1. The van der Waals surface area contributed by atoms with Crippen molar-refractivity contribution in [2.45, 2.75) is 32.0 Å². The molecule has 4 heteroatoms. The molecule has 13 heavy (non-hydrogen) atoms. The normalized spacial score (nSPS) is 29.7. The number of β-amino-alcohol motifs (C(OH)–C–C–N with tert-alkyl or cyclic N) is 1. The van der Waals surface area contributed by atoms with Crippen LogP contribution in [0.3, 0.4) is 0 Å². The lowest BCUT2D eigenvalue weighted by Gasteiger charge is -2.18. The zero-order valence-electron chi connectivity index (χ0n) is 7.68. The van der Waals surface area contributed by atoms with E-state index < -0.39 is 0 Å². The molecular weight excluding hydrogens is 168 g/mol. The highest BCUT2D eigenvalue weighted by Gasteiger charge is 2.27. The fourth-order valence-corrected chi connectivity index (χ4v) is 1.82. The molecule has 1 aromatic rings. The summed E-state index contributed by atoms with van der Waals surface area (Å²) in [6.45, 7) is 3.64. The Morgan fingerprint density at radius 1 is 1.77 bits per heavy atom. The van der Waals surface area contributed by atoms with Crippen LogP contribution in [0, 0.1) is 0 Å². The van der Waals surface area contributed by atoms with E-state index in [2.05, 4.69) is 17.0 Å². The van der Waals surface area contributed by atoms with Crippen LogP contribution in [-0.2, 0) is 6.54 Å².